The first-order valence-electron chi connectivity index (χ1n) is 20.2. The van der Waals surface area contributed by atoms with Crippen molar-refractivity contribution in [3.8, 4) is 62.2 Å². The van der Waals surface area contributed by atoms with E-state index in [2.05, 4.69) is 188 Å². The predicted octanol–water partition coefficient (Wildman–Crippen LogP) is 13.9. The molecule has 2 heterocycles. The van der Waals surface area contributed by atoms with Crippen LogP contribution in [-0.2, 0) is 6.42 Å². The third-order valence-corrected chi connectivity index (χ3v) is 12.0. The largest absolute Gasteiger partial charge is 0.493 e. The molecule has 1 aromatic heterocycles. The lowest BCUT2D eigenvalue weighted by Crippen LogP contribution is -2.01. The lowest BCUT2D eigenvalue weighted by Gasteiger charge is -2.18. The Morgan fingerprint density at radius 3 is 1.88 bits per heavy atom. The van der Waals surface area contributed by atoms with Crippen LogP contribution in [0.4, 0.5) is 0 Å². The van der Waals surface area contributed by atoms with E-state index < -0.39 is 0 Å². The van der Waals surface area contributed by atoms with Gasteiger partial charge in [0, 0.05) is 28.5 Å². The second-order valence-electron chi connectivity index (χ2n) is 15.4. The first-order chi connectivity index (χ1) is 29.2. The summed E-state index contributed by atoms with van der Waals surface area (Å²) in [5.74, 6) is 2.85. The molecule has 0 N–H and O–H groups in total. The summed E-state index contributed by atoms with van der Waals surface area (Å²) in [4.78, 5) is 15.6. The Bertz CT molecular complexity index is 3480. The topological polar surface area (TPSA) is 47.9 Å². The van der Waals surface area contributed by atoms with Crippen molar-refractivity contribution in [3.63, 3.8) is 0 Å². The minimum atomic E-state index is 0.627. The monoisotopic (exact) mass is 753 g/mol. The summed E-state index contributed by atoms with van der Waals surface area (Å²) in [5, 5.41) is 11.9. The summed E-state index contributed by atoms with van der Waals surface area (Å²) in [5.41, 5.74) is 8.84. The molecular weight excluding hydrogens is 719 g/mol. The number of hydrogen-bond donors (Lipinski definition) is 0. The molecule has 276 valence electrons. The van der Waals surface area contributed by atoms with E-state index in [1.165, 1.54) is 54.4 Å². The minimum absolute atomic E-state index is 0.627. The molecule has 10 aromatic carbocycles. The van der Waals surface area contributed by atoms with Gasteiger partial charge in [0.25, 0.3) is 0 Å². The van der Waals surface area contributed by atoms with Crippen LogP contribution in [0.5, 0.6) is 5.75 Å². The zero-order valence-corrected chi connectivity index (χ0v) is 32.1. The molecule has 0 fully saturated rings. The van der Waals surface area contributed by atoms with Crippen molar-refractivity contribution in [1.82, 2.24) is 15.0 Å². The highest BCUT2D eigenvalue weighted by Gasteiger charge is 2.22. The van der Waals surface area contributed by atoms with Crippen LogP contribution in [0.3, 0.4) is 0 Å². The Morgan fingerprint density at radius 2 is 0.983 bits per heavy atom. The van der Waals surface area contributed by atoms with Gasteiger partial charge in [0.15, 0.2) is 17.5 Å². The van der Waals surface area contributed by atoms with Crippen LogP contribution in [-0.4, -0.2) is 21.6 Å². The lowest BCUT2D eigenvalue weighted by molar-refractivity contribution is 0.328. The lowest BCUT2D eigenvalue weighted by atomic mass is 9.85. The summed E-state index contributed by atoms with van der Waals surface area (Å²) in [6, 6.07) is 66.9. The van der Waals surface area contributed by atoms with Crippen LogP contribution < -0.4 is 4.74 Å². The van der Waals surface area contributed by atoms with Gasteiger partial charge in [0.1, 0.15) is 5.75 Å². The highest BCUT2D eigenvalue weighted by molar-refractivity contribution is 6.31. The van der Waals surface area contributed by atoms with Gasteiger partial charge in [0.05, 0.1) is 6.61 Å². The predicted molar refractivity (Wildman–Crippen MR) is 244 cm³/mol. The number of rotatable bonds is 5. The summed E-state index contributed by atoms with van der Waals surface area (Å²) in [7, 11) is 0. The maximum absolute atomic E-state index is 6.51. The smallest absolute Gasteiger partial charge is 0.164 e. The van der Waals surface area contributed by atoms with Gasteiger partial charge in [-0.3, -0.25) is 0 Å². The minimum Gasteiger partial charge on any atom is -0.493 e. The Morgan fingerprint density at radius 1 is 0.339 bits per heavy atom. The fraction of sp³-hybridized carbons (Fsp3) is 0.0364. The maximum Gasteiger partial charge on any atom is 0.164 e. The Labute approximate surface area is 341 Å². The van der Waals surface area contributed by atoms with Gasteiger partial charge in [-0.15, -0.1) is 0 Å². The fourth-order valence-electron chi connectivity index (χ4n) is 9.23. The van der Waals surface area contributed by atoms with Gasteiger partial charge in [-0.2, -0.15) is 0 Å². The molecule has 4 nitrogen and oxygen atoms in total. The first kappa shape index (κ1) is 33.4. The maximum atomic E-state index is 6.51. The van der Waals surface area contributed by atoms with Crippen LogP contribution in [0.25, 0.3) is 110 Å². The SMILES string of the molecule is c1ccc(-c2cc3c4c(c2)c2cccc(-c5cccc(-c6nc(-c7ccc8ccccc8c7)nc(-c7cccc8ccccc78)n6)c5)c2c2cccc(c24)OCC3)cc1. The van der Waals surface area contributed by atoms with E-state index in [9.17, 15) is 0 Å². The Kier molecular flexibility index (Phi) is 7.63. The molecule has 0 radical (unpaired) electrons. The van der Waals surface area contributed by atoms with E-state index in [0.717, 1.165) is 56.1 Å². The average Bonchev–Trinajstić information content (AvgIpc) is 3.50. The zero-order chi connectivity index (χ0) is 38.9. The van der Waals surface area contributed by atoms with Crippen molar-refractivity contribution < 1.29 is 4.74 Å². The number of hydrogen-bond acceptors (Lipinski definition) is 4. The van der Waals surface area contributed by atoms with Crippen molar-refractivity contribution in [2.75, 3.05) is 6.61 Å². The summed E-state index contributed by atoms with van der Waals surface area (Å²) >= 11 is 0. The highest BCUT2D eigenvalue weighted by Crippen LogP contribution is 2.47. The number of ether oxygens (including phenoxy) is 1. The molecule has 59 heavy (non-hydrogen) atoms. The standard InChI is InChI=1S/C55H35N3O/c1-2-12-34(13-3-1)42-32-39-28-29-59-49-25-11-24-47-51-44(21-10-22-45(51)48(33-42)50(39)52(47)49)38-18-8-19-40(31-38)53-56-54(41-27-26-35-14-4-5-16-37(35)30-41)58-55(57-53)46-23-9-17-36-15-6-7-20-43(36)46/h1-27,30-33H,28-29H2. The zero-order valence-electron chi connectivity index (χ0n) is 32.1. The molecule has 12 rings (SSSR count). The molecule has 0 saturated heterocycles. The van der Waals surface area contributed by atoms with Crippen LogP contribution in [0, 0.1) is 0 Å². The van der Waals surface area contributed by atoms with Gasteiger partial charge in [0.2, 0.25) is 0 Å². The van der Waals surface area contributed by atoms with Gasteiger partial charge in [-0.1, -0.05) is 164 Å². The van der Waals surface area contributed by atoms with E-state index in [1.807, 2.05) is 0 Å². The fourth-order valence-corrected chi connectivity index (χ4v) is 9.23. The Hall–Kier alpha value is -7.69. The molecule has 0 unspecified atom stereocenters. The summed E-state index contributed by atoms with van der Waals surface area (Å²) in [6.07, 6.45) is 0.849. The number of fused-ring (bicyclic) bond motifs is 5. The van der Waals surface area contributed by atoms with E-state index in [1.54, 1.807) is 0 Å². The van der Waals surface area contributed by atoms with E-state index in [0.29, 0.717) is 24.1 Å². The van der Waals surface area contributed by atoms with Crippen LogP contribution in [0.1, 0.15) is 5.56 Å². The van der Waals surface area contributed by atoms with E-state index >= 15 is 0 Å². The van der Waals surface area contributed by atoms with Gasteiger partial charge in [-0.25, -0.2) is 15.0 Å². The Balaban J connectivity index is 1.09. The van der Waals surface area contributed by atoms with E-state index in [-0.39, 0.29) is 0 Å². The average molecular weight is 754 g/mol. The molecule has 0 spiro atoms. The normalized spacial score (nSPS) is 12.4. The quantitative estimate of drug-likeness (QED) is 0.164. The summed E-state index contributed by atoms with van der Waals surface area (Å²) in [6.45, 7) is 0.639. The van der Waals surface area contributed by atoms with Crippen LogP contribution in [0.2, 0.25) is 0 Å². The number of benzene rings is 10. The highest BCUT2D eigenvalue weighted by atomic mass is 16.5. The van der Waals surface area contributed by atoms with Crippen molar-refractivity contribution in [2.24, 2.45) is 0 Å². The van der Waals surface area contributed by atoms with Crippen molar-refractivity contribution >= 4 is 53.9 Å². The van der Waals surface area contributed by atoms with Crippen molar-refractivity contribution in [2.45, 2.75) is 6.42 Å². The molecule has 0 amide bonds. The van der Waals surface area contributed by atoms with Crippen molar-refractivity contribution in [1.29, 1.82) is 0 Å². The first-order valence-corrected chi connectivity index (χ1v) is 20.2. The molecule has 4 heteroatoms. The van der Waals surface area contributed by atoms with Crippen LogP contribution >= 0.6 is 0 Å². The van der Waals surface area contributed by atoms with Crippen molar-refractivity contribution in [3.05, 3.63) is 194 Å². The number of nitrogens with zero attached hydrogens (tertiary/aromatic N) is 3. The van der Waals surface area contributed by atoms with Crippen LogP contribution in [0.15, 0.2) is 188 Å². The number of aromatic nitrogens is 3. The summed E-state index contributed by atoms with van der Waals surface area (Å²) < 4.78 is 6.51. The second kappa shape index (κ2) is 13.5. The third kappa shape index (κ3) is 5.56. The molecule has 0 saturated carbocycles. The second-order valence-corrected chi connectivity index (χ2v) is 15.4. The van der Waals surface area contributed by atoms with Gasteiger partial charge in [-0.05, 0) is 101 Å². The van der Waals surface area contributed by atoms with Gasteiger partial charge >= 0.3 is 0 Å². The van der Waals surface area contributed by atoms with Gasteiger partial charge < -0.3 is 4.74 Å². The molecule has 11 aromatic rings. The third-order valence-electron chi connectivity index (χ3n) is 12.0. The van der Waals surface area contributed by atoms with E-state index in [4.69, 9.17) is 19.7 Å². The molecule has 1 aliphatic heterocycles. The molecule has 1 aliphatic rings. The molecule has 0 aliphatic carbocycles. The molecule has 0 atom stereocenters. The molecular formula is C55H35N3O. The molecule has 0 bridgehead atoms.